The second kappa shape index (κ2) is 5.34. The maximum Gasteiger partial charge on any atom is 0.412 e. The zero-order valence-electron chi connectivity index (χ0n) is 10.7. The average Bonchev–Trinajstić information content (AvgIpc) is 2.26. The van der Waals surface area contributed by atoms with Crippen LogP contribution >= 0.6 is 0 Å². The lowest BCUT2D eigenvalue weighted by atomic mass is 9.86. The van der Waals surface area contributed by atoms with Gasteiger partial charge < -0.3 is 16.0 Å². The first kappa shape index (κ1) is 15.1. The van der Waals surface area contributed by atoms with E-state index < -0.39 is 24.3 Å². The molecular formula is C11H20F3N3O. The predicted molar refractivity (Wildman–Crippen MR) is 62.1 cm³/mol. The Morgan fingerprint density at radius 2 is 2.06 bits per heavy atom. The minimum atomic E-state index is -4.50. The van der Waals surface area contributed by atoms with Crippen LogP contribution in [0.5, 0.6) is 0 Å². The summed E-state index contributed by atoms with van der Waals surface area (Å²) in [5, 5.41) is 2.51. The Morgan fingerprint density at radius 1 is 1.44 bits per heavy atom. The molecule has 1 heterocycles. The van der Waals surface area contributed by atoms with Crippen molar-refractivity contribution in [1.82, 2.24) is 10.2 Å². The van der Waals surface area contributed by atoms with E-state index >= 15 is 0 Å². The summed E-state index contributed by atoms with van der Waals surface area (Å²) in [4.78, 5) is 12.7. The van der Waals surface area contributed by atoms with Crippen LogP contribution in [0.15, 0.2) is 0 Å². The Morgan fingerprint density at radius 3 is 2.50 bits per heavy atom. The number of alkyl halides is 3. The molecule has 4 nitrogen and oxygen atoms in total. The summed E-state index contributed by atoms with van der Waals surface area (Å²) in [6.45, 7) is 2.91. The highest BCUT2D eigenvalue weighted by Gasteiger charge is 2.59. The second-order valence-electron chi connectivity index (χ2n) is 4.95. The van der Waals surface area contributed by atoms with Crippen molar-refractivity contribution >= 4 is 6.03 Å². The number of carbonyl (C=O) groups excluding carboxylic acids is 1. The Labute approximate surface area is 105 Å². The number of hydrogen-bond acceptors (Lipinski definition) is 2. The smallest absolute Gasteiger partial charge is 0.336 e. The van der Waals surface area contributed by atoms with E-state index in [2.05, 4.69) is 5.32 Å². The Hall–Kier alpha value is -0.980. The number of hydrogen-bond donors (Lipinski definition) is 2. The third-order valence-electron chi connectivity index (χ3n) is 3.26. The molecule has 1 fully saturated rings. The number of nitrogens with one attached hydrogen (secondary N) is 1. The zero-order chi connectivity index (χ0) is 14.0. The van der Waals surface area contributed by atoms with E-state index in [1.165, 1.54) is 0 Å². The molecular weight excluding hydrogens is 247 g/mol. The van der Waals surface area contributed by atoms with Crippen molar-refractivity contribution in [3.05, 3.63) is 0 Å². The van der Waals surface area contributed by atoms with Crippen LogP contribution in [0.1, 0.15) is 33.1 Å². The third kappa shape index (κ3) is 2.71. The molecule has 1 aliphatic rings. The highest BCUT2D eigenvalue weighted by atomic mass is 19.4. The van der Waals surface area contributed by atoms with Gasteiger partial charge in [-0.15, -0.1) is 0 Å². The molecule has 1 unspecified atom stereocenters. The van der Waals surface area contributed by atoms with Gasteiger partial charge in [-0.05, 0) is 33.1 Å². The van der Waals surface area contributed by atoms with Crippen molar-refractivity contribution in [1.29, 1.82) is 0 Å². The maximum atomic E-state index is 13.2. The minimum absolute atomic E-state index is 0.0925. The summed E-state index contributed by atoms with van der Waals surface area (Å²) in [5.41, 5.74) is 3.12. The lowest BCUT2D eigenvalue weighted by Crippen LogP contribution is -2.68. The molecule has 3 N–H and O–H groups in total. The fraction of sp³-hybridized carbons (Fsp3) is 0.909. The van der Waals surface area contributed by atoms with E-state index in [0.29, 0.717) is 12.8 Å². The fourth-order valence-electron chi connectivity index (χ4n) is 2.28. The summed E-state index contributed by atoms with van der Waals surface area (Å²) in [7, 11) is 0. The highest BCUT2D eigenvalue weighted by molar-refractivity contribution is 5.75. The van der Waals surface area contributed by atoms with Crippen LogP contribution in [0.2, 0.25) is 0 Å². The quantitative estimate of drug-likeness (QED) is 0.802. The SMILES string of the molecule is CC(C)NC(=O)N1CCCCC1(CN)C(F)(F)F. The average molecular weight is 267 g/mol. The van der Waals surface area contributed by atoms with Gasteiger partial charge in [0.15, 0.2) is 5.54 Å². The summed E-state index contributed by atoms with van der Waals surface area (Å²) < 4.78 is 39.7. The van der Waals surface area contributed by atoms with Crippen LogP contribution in [-0.2, 0) is 0 Å². The van der Waals surface area contributed by atoms with Gasteiger partial charge in [0.2, 0.25) is 0 Å². The molecule has 0 aromatic rings. The zero-order valence-corrected chi connectivity index (χ0v) is 10.7. The molecule has 1 rings (SSSR count). The van der Waals surface area contributed by atoms with Gasteiger partial charge in [-0.1, -0.05) is 0 Å². The number of piperidine rings is 1. The standard InChI is InChI=1S/C11H20F3N3O/c1-8(2)16-9(18)17-6-4-3-5-10(17,7-15)11(12,13)14/h8H,3-7,15H2,1-2H3,(H,16,18). The maximum absolute atomic E-state index is 13.2. The van der Waals surface area contributed by atoms with E-state index in [0.717, 1.165) is 4.90 Å². The van der Waals surface area contributed by atoms with Crippen LogP contribution in [0.3, 0.4) is 0 Å². The lowest BCUT2D eigenvalue weighted by molar-refractivity contribution is -0.228. The van der Waals surface area contributed by atoms with Crippen molar-refractivity contribution in [2.75, 3.05) is 13.1 Å². The monoisotopic (exact) mass is 267 g/mol. The van der Waals surface area contributed by atoms with Crippen LogP contribution in [0, 0.1) is 0 Å². The lowest BCUT2D eigenvalue weighted by Gasteiger charge is -2.47. The van der Waals surface area contributed by atoms with Gasteiger partial charge in [0.05, 0.1) is 0 Å². The Bertz CT molecular complexity index is 306. The minimum Gasteiger partial charge on any atom is -0.336 e. The molecule has 0 aliphatic carbocycles. The molecule has 18 heavy (non-hydrogen) atoms. The van der Waals surface area contributed by atoms with Crippen LogP contribution in [-0.4, -0.2) is 41.8 Å². The van der Waals surface area contributed by atoms with Crippen LogP contribution in [0.25, 0.3) is 0 Å². The molecule has 0 aromatic carbocycles. The normalized spacial score (nSPS) is 25.4. The second-order valence-corrected chi connectivity index (χ2v) is 4.95. The summed E-state index contributed by atoms with van der Waals surface area (Å²) >= 11 is 0. The van der Waals surface area contributed by atoms with Crippen LogP contribution in [0.4, 0.5) is 18.0 Å². The first-order valence-corrected chi connectivity index (χ1v) is 6.09. The molecule has 1 atom stereocenters. The van der Waals surface area contributed by atoms with E-state index in [1.807, 2.05) is 0 Å². The van der Waals surface area contributed by atoms with Crippen molar-refractivity contribution in [3.63, 3.8) is 0 Å². The van der Waals surface area contributed by atoms with Crippen LogP contribution < -0.4 is 11.1 Å². The van der Waals surface area contributed by atoms with Gasteiger partial charge >= 0.3 is 12.2 Å². The number of urea groups is 1. The van der Waals surface area contributed by atoms with Crippen molar-refractivity contribution in [3.8, 4) is 0 Å². The van der Waals surface area contributed by atoms with Gasteiger partial charge in [-0.3, -0.25) is 0 Å². The molecule has 0 radical (unpaired) electrons. The largest absolute Gasteiger partial charge is 0.412 e. The molecule has 1 aliphatic heterocycles. The van der Waals surface area contributed by atoms with E-state index in [1.54, 1.807) is 13.8 Å². The van der Waals surface area contributed by atoms with Gasteiger partial charge in [0, 0.05) is 19.1 Å². The summed E-state index contributed by atoms with van der Waals surface area (Å²) in [6.07, 6.45) is -3.62. The molecule has 1 saturated heterocycles. The molecule has 0 bridgehead atoms. The number of nitrogens with zero attached hydrogens (tertiary/aromatic N) is 1. The predicted octanol–water partition coefficient (Wildman–Crippen LogP) is 1.85. The van der Waals surface area contributed by atoms with E-state index in [4.69, 9.17) is 5.73 Å². The third-order valence-corrected chi connectivity index (χ3v) is 3.26. The Balaban J connectivity index is 3.01. The van der Waals surface area contributed by atoms with Crippen molar-refractivity contribution in [2.24, 2.45) is 5.73 Å². The van der Waals surface area contributed by atoms with Crippen molar-refractivity contribution in [2.45, 2.75) is 50.9 Å². The molecule has 106 valence electrons. The summed E-state index contributed by atoms with van der Waals surface area (Å²) in [6, 6.07) is -0.893. The summed E-state index contributed by atoms with van der Waals surface area (Å²) in [5.74, 6) is 0. The topological polar surface area (TPSA) is 58.4 Å². The molecule has 2 amide bonds. The number of carbonyl (C=O) groups is 1. The van der Waals surface area contributed by atoms with Gasteiger partial charge in [-0.2, -0.15) is 13.2 Å². The molecule has 0 aromatic heterocycles. The highest BCUT2D eigenvalue weighted by Crippen LogP contribution is 2.41. The Kier molecular flexibility index (Phi) is 4.47. The van der Waals surface area contributed by atoms with Gasteiger partial charge in [0.1, 0.15) is 0 Å². The fourth-order valence-corrected chi connectivity index (χ4v) is 2.28. The molecule has 0 saturated carbocycles. The molecule has 7 heteroatoms. The number of halogens is 3. The van der Waals surface area contributed by atoms with E-state index in [9.17, 15) is 18.0 Å². The van der Waals surface area contributed by atoms with E-state index in [-0.39, 0.29) is 19.0 Å². The molecule has 0 spiro atoms. The number of amides is 2. The van der Waals surface area contributed by atoms with Crippen molar-refractivity contribution < 1.29 is 18.0 Å². The first-order chi connectivity index (χ1) is 8.24. The number of rotatable bonds is 2. The van der Waals surface area contributed by atoms with Gasteiger partial charge in [0.25, 0.3) is 0 Å². The number of likely N-dealkylation sites (tertiary alicyclic amines) is 1. The first-order valence-electron chi connectivity index (χ1n) is 6.09. The number of nitrogens with two attached hydrogens (primary N) is 1. The van der Waals surface area contributed by atoms with Gasteiger partial charge in [-0.25, -0.2) is 4.79 Å².